The highest BCUT2D eigenvalue weighted by atomic mass is 16.5. The van der Waals surface area contributed by atoms with Gasteiger partial charge in [-0.3, -0.25) is 4.79 Å². The third-order valence-electron chi connectivity index (χ3n) is 3.57. The van der Waals surface area contributed by atoms with Crippen LogP contribution in [0.25, 0.3) is 22.3 Å². The number of rotatable bonds is 3. The minimum Gasteiger partial charge on any atom is -0.507 e. The molecule has 1 aromatic heterocycles. The Morgan fingerprint density at radius 3 is 2.16 bits per heavy atom. The maximum atomic E-state index is 12.4. The van der Waals surface area contributed by atoms with Gasteiger partial charge in [0.25, 0.3) is 0 Å². The molecule has 5 N–H and O–H groups in total. The number of hydrogen-bond donors (Lipinski definition) is 5. The average Bonchev–Trinajstić information content (AvgIpc) is 2.55. The monoisotopic (exact) mass is 346 g/mol. The molecule has 2 aromatic carbocycles. The van der Waals surface area contributed by atoms with Crippen LogP contribution in [0.3, 0.4) is 0 Å². The van der Waals surface area contributed by atoms with E-state index in [2.05, 4.69) is 0 Å². The zero-order chi connectivity index (χ0) is 18.3. The molecular weight excluding hydrogens is 332 g/mol. The quantitative estimate of drug-likeness (QED) is 0.455. The van der Waals surface area contributed by atoms with E-state index in [0.717, 1.165) is 12.1 Å². The molecule has 0 atom stereocenters. The van der Waals surface area contributed by atoms with E-state index in [0.29, 0.717) is 6.61 Å². The van der Waals surface area contributed by atoms with E-state index in [4.69, 9.17) is 9.15 Å². The number of hydrogen-bond acceptors (Lipinski definition) is 8. The first-order valence-electron chi connectivity index (χ1n) is 7.24. The first kappa shape index (κ1) is 16.3. The van der Waals surface area contributed by atoms with E-state index < -0.39 is 34.2 Å². The molecular formula is C17H14O8. The van der Waals surface area contributed by atoms with Crippen LogP contribution in [0, 0.1) is 0 Å². The molecule has 0 unspecified atom stereocenters. The number of phenols is 4. The second-order valence-electron chi connectivity index (χ2n) is 5.22. The summed E-state index contributed by atoms with van der Waals surface area (Å²) >= 11 is 0. The molecule has 3 aromatic rings. The summed E-state index contributed by atoms with van der Waals surface area (Å²) in [6, 6.07) is 4.60. The molecule has 0 bridgehead atoms. The van der Waals surface area contributed by atoms with Gasteiger partial charge in [0.05, 0.1) is 6.61 Å². The highest BCUT2D eigenvalue weighted by Gasteiger charge is 2.21. The smallest absolute Gasteiger partial charge is 0.238 e. The van der Waals surface area contributed by atoms with Crippen molar-refractivity contribution in [2.24, 2.45) is 0 Å². The average molecular weight is 346 g/mol. The Morgan fingerprint density at radius 1 is 0.920 bits per heavy atom. The van der Waals surface area contributed by atoms with Crippen molar-refractivity contribution in [2.45, 2.75) is 6.92 Å². The molecule has 0 saturated heterocycles. The van der Waals surface area contributed by atoms with Crippen molar-refractivity contribution in [1.29, 1.82) is 0 Å². The summed E-state index contributed by atoms with van der Waals surface area (Å²) in [4.78, 5) is 12.4. The van der Waals surface area contributed by atoms with Gasteiger partial charge < -0.3 is 34.7 Å². The molecule has 0 radical (unpaired) electrons. The van der Waals surface area contributed by atoms with Crippen molar-refractivity contribution in [3.63, 3.8) is 0 Å². The van der Waals surface area contributed by atoms with Crippen LogP contribution < -0.4 is 10.2 Å². The molecule has 1 heterocycles. The van der Waals surface area contributed by atoms with E-state index >= 15 is 0 Å². The van der Waals surface area contributed by atoms with Crippen molar-refractivity contribution < 1.29 is 34.7 Å². The van der Waals surface area contributed by atoms with Crippen LogP contribution in [-0.4, -0.2) is 32.1 Å². The summed E-state index contributed by atoms with van der Waals surface area (Å²) in [5.74, 6) is -3.42. The van der Waals surface area contributed by atoms with Gasteiger partial charge in [-0.2, -0.15) is 0 Å². The topological polar surface area (TPSA) is 141 Å². The summed E-state index contributed by atoms with van der Waals surface area (Å²) in [5, 5.41) is 48.5. The zero-order valence-corrected chi connectivity index (χ0v) is 13.0. The zero-order valence-electron chi connectivity index (χ0n) is 13.0. The Kier molecular flexibility index (Phi) is 3.80. The minimum atomic E-state index is -0.899. The summed E-state index contributed by atoms with van der Waals surface area (Å²) in [7, 11) is 0. The number of benzene rings is 2. The van der Waals surface area contributed by atoms with Gasteiger partial charge in [-0.15, -0.1) is 0 Å². The fourth-order valence-corrected chi connectivity index (χ4v) is 2.45. The van der Waals surface area contributed by atoms with Crippen molar-refractivity contribution in [2.75, 3.05) is 6.61 Å². The number of fused-ring (bicyclic) bond motifs is 1. The minimum absolute atomic E-state index is 0.0504. The largest absolute Gasteiger partial charge is 0.507 e. The van der Waals surface area contributed by atoms with Crippen LogP contribution in [0.2, 0.25) is 0 Å². The Hall–Kier alpha value is -3.55. The van der Waals surface area contributed by atoms with E-state index in [-0.39, 0.29) is 28.0 Å². The van der Waals surface area contributed by atoms with Crippen LogP contribution in [0.1, 0.15) is 6.92 Å². The number of phenolic OH excluding ortho intramolecular Hbond substituents is 4. The lowest BCUT2D eigenvalue weighted by molar-refractivity contribution is 0.337. The SMILES string of the molecule is CCOc1cc(O)c2c(=O)c(O)c(-c3cc(O)c(O)c(O)c3)oc2c1. The molecule has 3 rings (SSSR count). The molecule has 0 aliphatic heterocycles. The Balaban J connectivity index is 2.33. The van der Waals surface area contributed by atoms with Gasteiger partial charge in [0.2, 0.25) is 11.2 Å². The Morgan fingerprint density at radius 2 is 1.56 bits per heavy atom. The first-order valence-corrected chi connectivity index (χ1v) is 7.24. The Bertz CT molecular complexity index is 1010. The second-order valence-corrected chi connectivity index (χ2v) is 5.22. The standard InChI is InChI=1S/C17H14O8/c1-2-24-8-5-9(18)13-12(6-8)25-17(16(23)15(13)22)7-3-10(19)14(21)11(20)4-7/h3-6,18-21,23H,2H2,1H3. The number of aromatic hydroxyl groups is 5. The van der Waals surface area contributed by atoms with Crippen molar-refractivity contribution in [3.8, 4) is 45.8 Å². The third kappa shape index (κ3) is 2.63. The van der Waals surface area contributed by atoms with Gasteiger partial charge in [-0.05, 0) is 19.1 Å². The van der Waals surface area contributed by atoms with E-state index in [1.165, 1.54) is 12.1 Å². The molecule has 0 saturated carbocycles. The lowest BCUT2D eigenvalue weighted by atomic mass is 10.1. The van der Waals surface area contributed by atoms with Crippen LogP contribution in [0.5, 0.6) is 34.5 Å². The van der Waals surface area contributed by atoms with Gasteiger partial charge >= 0.3 is 0 Å². The molecule has 25 heavy (non-hydrogen) atoms. The fourth-order valence-electron chi connectivity index (χ4n) is 2.45. The number of ether oxygens (including phenoxy) is 1. The highest BCUT2D eigenvalue weighted by Crippen LogP contribution is 2.42. The third-order valence-corrected chi connectivity index (χ3v) is 3.57. The van der Waals surface area contributed by atoms with E-state index in [1.54, 1.807) is 6.92 Å². The van der Waals surface area contributed by atoms with Gasteiger partial charge in [0.1, 0.15) is 22.5 Å². The van der Waals surface area contributed by atoms with Gasteiger partial charge in [-0.1, -0.05) is 0 Å². The molecule has 0 fully saturated rings. The van der Waals surface area contributed by atoms with Gasteiger partial charge in [0.15, 0.2) is 23.0 Å². The first-order chi connectivity index (χ1) is 11.8. The Labute approximate surface area is 140 Å². The van der Waals surface area contributed by atoms with Gasteiger partial charge in [0, 0.05) is 17.7 Å². The van der Waals surface area contributed by atoms with Crippen molar-refractivity contribution in [3.05, 3.63) is 34.5 Å². The molecule has 0 aliphatic carbocycles. The maximum absolute atomic E-state index is 12.4. The summed E-state index contributed by atoms with van der Waals surface area (Å²) < 4.78 is 10.8. The summed E-state index contributed by atoms with van der Waals surface area (Å²) in [6.45, 7) is 2.06. The summed E-state index contributed by atoms with van der Waals surface area (Å²) in [6.07, 6.45) is 0. The predicted octanol–water partition coefficient (Wildman–Crippen LogP) is 2.39. The predicted molar refractivity (Wildman–Crippen MR) is 87.4 cm³/mol. The van der Waals surface area contributed by atoms with Gasteiger partial charge in [-0.25, -0.2) is 0 Å². The van der Waals surface area contributed by atoms with E-state index in [9.17, 15) is 30.3 Å². The van der Waals surface area contributed by atoms with Crippen LogP contribution in [0.4, 0.5) is 0 Å². The van der Waals surface area contributed by atoms with E-state index in [1.807, 2.05) is 0 Å². The van der Waals surface area contributed by atoms with Crippen LogP contribution >= 0.6 is 0 Å². The fraction of sp³-hybridized carbons (Fsp3) is 0.118. The van der Waals surface area contributed by atoms with Crippen molar-refractivity contribution >= 4 is 11.0 Å². The second kappa shape index (κ2) is 5.82. The molecule has 0 spiro atoms. The van der Waals surface area contributed by atoms with Crippen LogP contribution in [-0.2, 0) is 0 Å². The lowest BCUT2D eigenvalue weighted by Crippen LogP contribution is -2.03. The normalized spacial score (nSPS) is 10.9. The maximum Gasteiger partial charge on any atom is 0.238 e. The lowest BCUT2D eigenvalue weighted by Gasteiger charge is -2.10. The van der Waals surface area contributed by atoms with Crippen LogP contribution in [0.15, 0.2) is 33.5 Å². The molecule has 8 heteroatoms. The molecule has 8 nitrogen and oxygen atoms in total. The highest BCUT2D eigenvalue weighted by molar-refractivity contribution is 5.88. The molecule has 130 valence electrons. The molecule has 0 aliphatic rings. The molecule has 0 amide bonds. The van der Waals surface area contributed by atoms with Crippen molar-refractivity contribution in [1.82, 2.24) is 0 Å². The summed E-state index contributed by atoms with van der Waals surface area (Å²) in [5.41, 5.74) is -1.01.